The smallest absolute Gasteiger partial charge is 0.332 e. The Bertz CT molecular complexity index is 932. The highest BCUT2D eigenvalue weighted by Crippen LogP contribution is 2.17. The number of halogens is 1. The SMILES string of the molecule is C[C@H](N[C@H](C)C(=O)c1c(N)n(C)c(=O)n(C)c1=O)c1ccccc1F. The summed E-state index contributed by atoms with van der Waals surface area (Å²) in [6, 6.07) is 4.96. The summed E-state index contributed by atoms with van der Waals surface area (Å²) in [5.41, 5.74) is 4.58. The van der Waals surface area contributed by atoms with Crippen LogP contribution in [0.5, 0.6) is 0 Å². The molecule has 0 unspecified atom stereocenters. The zero-order chi connectivity index (χ0) is 18.9. The van der Waals surface area contributed by atoms with Gasteiger partial charge in [0.15, 0.2) is 5.78 Å². The van der Waals surface area contributed by atoms with Gasteiger partial charge in [0.05, 0.1) is 6.04 Å². The van der Waals surface area contributed by atoms with Gasteiger partial charge in [-0.15, -0.1) is 0 Å². The van der Waals surface area contributed by atoms with Gasteiger partial charge in [0.1, 0.15) is 17.2 Å². The van der Waals surface area contributed by atoms with Gasteiger partial charge in [-0.1, -0.05) is 18.2 Å². The van der Waals surface area contributed by atoms with Crippen molar-refractivity contribution in [1.82, 2.24) is 14.5 Å². The van der Waals surface area contributed by atoms with Crippen LogP contribution in [0.3, 0.4) is 0 Å². The van der Waals surface area contributed by atoms with Crippen LogP contribution >= 0.6 is 0 Å². The van der Waals surface area contributed by atoms with Gasteiger partial charge in [-0.3, -0.25) is 18.7 Å². The first-order valence-electron chi connectivity index (χ1n) is 7.77. The van der Waals surface area contributed by atoms with Crippen LogP contribution in [0.1, 0.15) is 35.8 Å². The number of nitrogen functional groups attached to an aromatic ring is 1. The van der Waals surface area contributed by atoms with E-state index in [1.807, 2.05) is 0 Å². The summed E-state index contributed by atoms with van der Waals surface area (Å²) >= 11 is 0. The molecular weight excluding hydrogens is 327 g/mol. The first kappa shape index (κ1) is 18.6. The number of hydrogen-bond donors (Lipinski definition) is 2. The van der Waals surface area contributed by atoms with Crippen LogP contribution in [-0.4, -0.2) is 21.0 Å². The fraction of sp³-hybridized carbons (Fsp3) is 0.353. The van der Waals surface area contributed by atoms with Crippen LogP contribution in [0.25, 0.3) is 0 Å². The van der Waals surface area contributed by atoms with Crippen molar-refractivity contribution < 1.29 is 9.18 Å². The Kier molecular flexibility index (Phi) is 5.22. The number of nitrogens with zero attached hydrogens (tertiary/aromatic N) is 2. The number of ketones is 1. The number of carbonyl (C=O) groups is 1. The molecule has 7 nitrogen and oxygen atoms in total. The minimum atomic E-state index is -0.804. The van der Waals surface area contributed by atoms with Crippen LogP contribution < -0.4 is 22.3 Å². The Hall–Kier alpha value is -2.74. The quantitative estimate of drug-likeness (QED) is 0.776. The highest BCUT2D eigenvalue weighted by Gasteiger charge is 2.26. The van der Waals surface area contributed by atoms with E-state index in [-0.39, 0.29) is 17.2 Å². The van der Waals surface area contributed by atoms with Crippen molar-refractivity contribution in [2.45, 2.75) is 25.9 Å². The third-order valence-electron chi connectivity index (χ3n) is 4.22. The molecule has 0 aliphatic rings. The largest absolute Gasteiger partial charge is 0.384 e. The van der Waals surface area contributed by atoms with E-state index in [1.165, 1.54) is 20.2 Å². The van der Waals surface area contributed by atoms with Gasteiger partial charge in [0.2, 0.25) is 0 Å². The maximum Gasteiger partial charge on any atom is 0.332 e. The third-order valence-corrected chi connectivity index (χ3v) is 4.22. The predicted octanol–water partition coefficient (Wildman–Crippen LogP) is 0.727. The first-order chi connectivity index (χ1) is 11.7. The monoisotopic (exact) mass is 348 g/mol. The molecular formula is C17H21FN4O3. The third kappa shape index (κ3) is 3.39. The number of Topliss-reactive ketones (excluding diaryl/α,β-unsaturated/α-hetero) is 1. The summed E-state index contributed by atoms with van der Waals surface area (Å²) in [6.07, 6.45) is 0. The zero-order valence-corrected chi connectivity index (χ0v) is 14.5. The van der Waals surface area contributed by atoms with E-state index in [0.29, 0.717) is 5.56 Å². The lowest BCUT2D eigenvalue weighted by atomic mass is 10.0. The summed E-state index contributed by atoms with van der Waals surface area (Å²) < 4.78 is 15.7. The Morgan fingerprint density at radius 2 is 1.76 bits per heavy atom. The number of benzene rings is 1. The van der Waals surface area contributed by atoms with E-state index in [2.05, 4.69) is 5.32 Å². The lowest BCUT2D eigenvalue weighted by Gasteiger charge is -2.21. The minimum absolute atomic E-state index is 0.190. The zero-order valence-electron chi connectivity index (χ0n) is 14.5. The second-order valence-electron chi connectivity index (χ2n) is 5.96. The van der Waals surface area contributed by atoms with Crippen molar-refractivity contribution >= 4 is 11.6 Å². The molecule has 0 saturated carbocycles. The average Bonchev–Trinajstić information content (AvgIpc) is 2.58. The molecule has 1 heterocycles. The Balaban J connectivity index is 2.34. The molecule has 0 aliphatic carbocycles. The molecule has 2 rings (SSSR count). The van der Waals surface area contributed by atoms with Crippen LogP contribution in [-0.2, 0) is 14.1 Å². The molecule has 0 bridgehead atoms. The van der Waals surface area contributed by atoms with E-state index >= 15 is 0 Å². The highest BCUT2D eigenvalue weighted by molar-refractivity contribution is 6.03. The molecule has 1 aromatic heterocycles. The first-order valence-corrected chi connectivity index (χ1v) is 7.77. The molecule has 0 saturated heterocycles. The molecule has 0 radical (unpaired) electrons. The molecule has 3 N–H and O–H groups in total. The normalized spacial score (nSPS) is 13.5. The number of anilines is 1. The van der Waals surface area contributed by atoms with E-state index in [9.17, 15) is 18.8 Å². The fourth-order valence-corrected chi connectivity index (χ4v) is 2.67. The van der Waals surface area contributed by atoms with E-state index in [0.717, 1.165) is 9.13 Å². The van der Waals surface area contributed by atoms with Gasteiger partial charge in [-0.25, -0.2) is 9.18 Å². The van der Waals surface area contributed by atoms with Crippen molar-refractivity contribution in [3.05, 3.63) is 62.0 Å². The van der Waals surface area contributed by atoms with Gasteiger partial charge < -0.3 is 11.1 Å². The Labute approximate surface area is 143 Å². The number of nitrogens with one attached hydrogen (secondary N) is 1. The number of hydrogen-bond acceptors (Lipinski definition) is 5. The Morgan fingerprint density at radius 3 is 2.36 bits per heavy atom. The molecule has 0 spiro atoms. The van der Waals surface area contributed by atoms with Crippen LogP contribution in [0.15, 0.2) is 33.9 Å². The van der Waals surface area contributed by atoms with E-state index < -0.39 is 29.1 Å². The number of nitrogens with two attached hydrogens (primary N) is 1. The van der Waals surface area contributed by atoms with Gasteiger partial charge in [0, 0.05) is 25.7 Å². The van der Waals surface area contributed by atoms with Crippen molar-refractivity contribution in [3.63, 3.8) is 0 Å². The van der Waals surface area contributed by atoms with Crippen molar-refractivity contribution in [1.29, 1.82) is 0 Å². The fourth-order valence-electron chi connectivity index (χ4n) is 2.67. The maximum atomic E-state index is 13.9. The van der Waals surface area contributed by atoms with Gasteiger partial charge in [0.25, 0.3) is 5.56 Å². The highest BCUT2D eigenvalue weighted by atomic mass is 19.1. The molecule has 134 valence electrons. The number of carbonyl (C=O) groups excluding carboxylic acids is 1. The summed E-state index contributed by atoms with van der Waals surface area (Å²) in [6.45, 7) is 3.27. The molecule has 0 amide bonds. The van der Waals surface area contributed by atoms with Crippen LogP contribution in [0.4, 0.5) is 10.2 Å². The van der Waals surface area contributed by atoms with Crippen molar-refractivity contribution in [2.24, 2.45) is 14.1 Å². The molecule has 1 aromatic carbocycles. The van der Waals surface area contributed by atoms with E-state index in [4.69, 9.17) is 5.73 Å². The molecule has 2 atom stereocenters. The summed E-state index contributed by atoms with van der Waals surface area (Å²) in [4.78, 5) is 36.8. The second kappa shape index (κ2) is 7.02. The summed E-state index contributed by atoms with van der Waals surface area (Å²) in [7, 11) is 2.66. The van der Waals surface area contributed by atoms with Gasteiger partial charge in [-0.05, 0) is 19.9 Å². The lowest BCUT2D eigenvalue weighted by molar-refractivity contribution is 0.0943. The van der Waals surface area contributed by atoms with Gasteiger partial charge >= 0.3 is 5.69 Å². The van der Waals surface area contributed by atoms with Crippen molar-refractivity contribution in [2.75, 3.05) is 5.73 Å². The minimum Gasteiger partial charge on any atom is -0.384 e. The van der Waals surface area contributed by atoms with Crippen molar-refractivity contribution in [3.8, 4) is 0 Å². The number of aromatic nitrogens is 2. The maximum absolute atomic E-state index is 13.9. The average molecular weight is 348 g/mol. The summed E-state index contributed by atoms with van der Waals surface area (Å²) in [5, 5.41) is 2.96. The van der Waals surface area contributed by atoms with E-state index in [1.54, 1.807) is 32.0 Å². The molecule has 8 heteroatoms. The van der Waals surface area contributed by atoms with Crippen LogP contribution in [0, 0.1) is 5.82 Å². The van der Waals surface area contributed by atoms with Crippen LogP contribution in [0.2, 0.25) is 0 Å². The molecule has 2 aromatic rings. The lowest BCUT2D eigenvalue weighted by Crippen LogP contribution is -2.45. The Morgan fingerprint density at radius 1 is 1.16 bits per heavy atom. The molecule has 0 aliphatic heterocycles. The second-order valence-corrected chi connectivity index (χ2v) is 5.96. The standard InChI is InChI=1S/C17H21FN4O3/c1-9(11-7-5-6-8-12(11)18)20-10(2)14(23)13-15(19)21(3)17(25)22(4)16(13)24/h5-10,20H,19H2,1-4H3/t9-,10+/m0/s1. The topological polar surface area (TPSA) is 99.1 Å². The number of rotatable bonds is 5. The molecule has 25 heavy (non-hydrogen) atoms. The van der Waals surface area contributed by atoms with Gasteiger partial charge in [-0.2, -0.15) is 0 Å². The predicted molar refractivity (Wildman–Crippen MR) is 93.1 cm³/mol. The summed E-state index contributed by atoms with van der Waals surface area (Å²) in [5.74, 6) is -1.14. The molecule has 0 fully saturated rings.